The second-order valence-electron chi connectivity index (χ2n) is 7.35. The van der Waals surface area contributed by atoms with Gasteiger partial charge < -0.3 is 37.9 Å². The molecule has 0 N–H and O–H groups in total. The molecule has 14 heteroatoms. The molecule has 0 fully saturated rings. The first-order valence-corrected chi connectivity index (χ1v) is 10.0. The van der Waals surface area contributed by atoms with Gasteiger partial charge in [0.2, 0.25) is 5.79 Å². The third kappa shape index (κ3) is 3.10. The van der Waals surface area contributed by atoms with Crippen LogP contribution in [-0.2, 0) is 66.7 Å². The Labute approximate surface area is 203 Å². The van der Waals surface area contributed by atoms with E-state index < -0.39 is 86.6 Å². The maximum absolute atomic E-state index is 13.3. The van der Waals surface area contributed by atoms with E-state index in [4.69, 9.17) is 37.9 Å². The number of fused-ring (bicyclic) bond motifs is 2. The minimum atomic E-state index is -2.45. The summed E-state index contributed by atoms with van der Waals surface area (Å²) in [6.07, 6.45) is -1.73. The average Bonchev–Trinajstić information content (AvgIpc) is 3.32. The van der Waals surface area contributed by atoms with Gasteiger partial charge in [0.05, 0.1) is 59.4 Å². The SMILES string of the molecule is COC(=O)C1=C(C(=O)OC)[C@@]2(OC)O[C@@H]1C(C1(C(=O)OC)C(C(=O)OC)=C1C(=O)OC)=C2C(=O)OC. The van der Waals surface area contributed by atoms with Crippen LogP contribution in [-0.4, -0.2) is 97.5 Å². The summed E-state index contributed by atoms with van der Waals surface area (Å²) in [7, 11) is 6.98. The quantitative estimate of drug-likeness (QED) is 0.277. The predicted octanol–water partition coefficient (Wildman–Crippen LogP) is -1.33. The topological polar surface area (TPSA) is 176 Å². The molecule has 14 nitrogen and oxygen atoms in total. The van der Waals surface area contributed by atoms with E-state index in [2.05, 4.69) is 0 Å². The number of rotatable bonds is 8. The van der Waals surface area contributed by atoms with E-state index in [1.54, 1.807) is 0 Å². The average molecular weight is 510 g/mol. The predicted molar refractivity (Wildman–Crippen MR) is 110 cm³/mol. The molecule has 194 valence electrons. The number of carbonyl (C=O) groups is 6. The van der Waals surface area contributed by atoms with Crippen molar-refractivity contribution in [1.29, 1.82) is 0 Å². The van der Waals surface area contributed by atoms with Crippen molar-refractivity contribution in [2.75, 3.05) is 49.8 Å². The van der Waals surface area contributed by atoms with E-state index in [9.17, 15) is 28.8 Å². The summed E-state index contributed by atoms with van der Waals surface area (Å²) in [4.78, 5) is 77.5. The van der Waals surface area contributed by atoms with Crippen molar-refractivity contribution < 1.29 is 66.7 Å². The van der Waals surface area contributed by atoms with Crippen molar-refractivity contribution in [3.8, 4) is 0 Å². The highest BCUT2D eigenvalue weighted by Crippen LogP contribution is 2.67. The zero-order chi connectivity index (χ0) is 27.2. The third-order valence-electron chi connectivity index (χ3n) is 6.09. The van der Waals surface area contributed by atoms with Crippen LogP contribution in [0.5, 0.6) is 0 Å². The van der Waals surface area contributed by atoms with Gasteiger partial charge in [-0.2, -0.15) is 0 Å². The molecular formula is C22H22O14. The van der Waals surface area contributed by atoms with Crippen LogP contribution < -0.4 is 0 Å². The van der Waals surface area contributed by atoms with E-state index in [1.807, 2.05) is 0 Å². The monoisotopic (exact) mass is 510 g/mol. The Kier molecular flexibility index (Phi) is 6.79. The van der Waals surface area contributed by atoms with Crippen molar-refractivity contribution in [1.82, 2.24) is 0 Å². The van der Waals surface area contributed by atoms with Crippen molar-refractivity contribution in [3.05, 3.63) is 33.4 Å². The minimum absolute atomic E-state index is 0.447. The lowest BCUT2D eigenvalue weighted by Crippen LogP contribution is -2.43. The van der Waals surface area contributed by atoms with Crippen molar-refractivity contribution in [3.63, 3.8) is 0 Å². The number of methoxy groups -OCH3 is 7. The molecule has 2 atom stereocenters. The molecule has 0 radical (unpaired) electrons. The van der Waals surface area contributed by atoms with Crippen LogP contribution in [0.4, 0.5) is 0 Å². The van der Waals surface area contributed by atoms with Crippen molar-refractivity contribution in [2.24, 2.45) is 5.41 Å². The van der Waals surface area contributed by atoms with Crippen LogP contribution in [0.3, 0.4) is 0 Å². The van der Waals surface area contributed by atoms with Crippen LogP contribution in [0.25, 0.3) is 0 Å². The lowest BCUT2D eigenvalue weighted by Gasteiger charge is -2.30. The molecule has 0 unspecified atom stereocenters. The van der Waals surface area contributed by atoms with Gasteiger partial charge in [-0.15, -0.1) is 0 Å². The molecule has 2 bridgehead atoms. The van der Waals surface area contributed by atoms with Crippen LogP contribution in [0.15, 0.2) is 33.4 Å². The fourth-order valence-electron chi connectivity index (χ4n) is 4.67. The smallest absolute Gasteiger partial charge is 0.340 e. The van der Waals surface area contributed by atoms with Gasteiger partial charge in [0, 0.05) is 12.7 Å². The Morgan fingerprint density at radius 3 is 1.39 bits per heavy atom. The summed E-state index contributed by atoms with van der Waals surface area (Å²) in [6, 6.07) is 0. The molecule has 0 aromatic rings. The first-order chi connectivity index (χ1) is 17.0. The van der Waals surface area contributed by atoms with Crippen LogP contribution >= 0.6 is 0 Å². The molecule has 2 aliphatic heterocycles. The molecule has 0 aromatic carbocycles. The van der Waals surface area contributed by atoms with Gasteiger partial charge in [0.1, 0.15) is 17.3 Å². The fraction of sp³-hybridized carbons (Fsp3) is 0.455. The third-order valence-corrected chi connectivity index (χ3v) is 6.09. The molecule has 0 aromatic heterocycles. The molecule has 0 spiro atoms. The minimum Gasteiger partial charge on any atom is -0.468 e. The summed E-state index contributed by atoms with van der Waals surface area (Å²) in [5.74, 6) is -9.35. The van der Waals surface area contributed by atoms with Crippen molar-refractivity contribution >= 4 is 35.8 Å². The van der Waals surface area contributed by atoms with E-state index in [-0.39, 0.29) is 0 Å². The normalized spacial score (nSPS) is 23.2. The highest BCUT2D eigenvalue weighted by atomic mass is 16.7. The largest absolute Gasteiger partial charge is 0.468 e. The van der Waals surface area contributed by atoms with E-state index in [0.717, 1.165) is 49.8 Å². The Balaban J connectivity index is 2.49. The molecule has 1 aliphatic carbocycles. The van der Waals surface area contributed by atoms with Gasteiger partial charge in [-0.05, 0) is 0 Å². The Bertz CT molecular complexity index is 1160. The first-order valence-electron chi connectivity index (χ1n) is 10.0. The van der Waals surface area contributed by atoms with E-state index >= 15 is 0 Å². The molecule has 3 rings (SSSR count). The molecule has 2 heterocycles. The Morgan fingerprint density at radius 1 is 0.583 bits per heavy atom. The number of hydrogen-bond acceptors (Lipinski definition) is 14. The summed E-state index contributed by atoms with van der Waals surface area (Å²) in [6.45, 7) is 0. The summed E-state index contributed by atoms with van der Waals surface area (Å²) in [5, 5.41) is 0. The summed E-state index contributed by atoms with van der Waals surface area (Å²) >= 11 is 0. The Hall–Kier alpha value is -4.04. The van der Waals surface area contributed by atoms with Crippen LogP contribution in [0.2, 0.25) is 0 Å². The van der Waals surface area contributed by atoms with Gasteiger partial charge >= 0.3 is 35.8 Å². The second kappa shape index (κ2) is 9.20. The van der Waals surface area contributed by atoms with Gasteiger partial charge in [-0.3, -0.25) is 4.79 Å². The van der Waals surface area contributed by atoms with Crippen LogP contribution in [0.1, 0.15) is 0 Å². The van der Waals surface area contributed by atoms with Gasteiger partial charge in [-0.1, -0.05) is 0 Å². The maximum Gasteiger partial charge on any atom is 0.340 e. The highest BCUT2D eigenvalue weighted by Gasteiger charge is 2.78. The maximum atomic E-state index is 13.3. The molecular weight excluding hydrogens is 488 g/mol. The van der Waals surface area contributed by atoms with Gasteiger partial charge in [-0.25, -0.2) is 24.0 Å². The second-order valence-corrected chi connectivity index (χ2v) is 7.35. The van der Waals surface area contributed by atoms with E-state index in [1.165, 1.54) is 0 Å². The molecule has 0 amide bonds. The summed E-state index contributed by atoms with van der Waals surface area (Å²) < 4.78 is 40.1. The van der Waals surface area contributed by atoms with E-state index in [0.29, 0.717) is 0 Å². The fourth-order valence-corrected chi connectivity index (χ4v) is 4.67. The lowest BCUT2D eigenvalue weighted by molar-refractivity contribution is -0.171. The number of carbonyl (C=O) groups excluding carboxylic acids is 6. The standard InChI is InChI=1S/C22H22O14/c1-29-15(23)8-9(16(24)30-2)22(35-7)13(19(27)33-5)10(14(8)36-22)21(20(28)34-6)11(17(25)31-3)12(21)18(26)32-4/h14H,1-7H3/t14-,22+/m0/s1. The lowest BCUT2D eigenvalue weighted by atomic mass is 9.73. The molecule has 3 aliphatic rings. The highest BCUT2D eigenvalue weighted by molar-refractivity contribution is 6.24. The molecule has 0 saturated carbocycles. The molecule has 0 saturated heterocycles. The number of ether oxygens (including phenoxy) is 8. The number of hydrogen-bond donors (Lipinski definition) is 0. The Morgan fingerprint density at radius 2 is 1.00 bits per heavy atom. The van der Waals surface area contributed by atoms with Gasteiger partial charge in [0.25, 0.3) is 0 Å². The van der Waals surface area contributed by atoms with Crippen LogP contribution in [0, 0.1) is 5.41 Å². The zero-order valence-corrected chi connectivity index (χ0v) is 20.3. The first kappa shape index (κ1) is 26.6. The number of esters is 6. The van der Waals surface area contributed by atoms with Gasteiger partial charge in [0.15, 0.2) is 5.41 Å². The van der Waals surface area contributed by atoms with Crippen molar-refractivity contribution in [2.45, 2.75) is 11.9 Å². The summed E-state index contributed by atoms with van der Waals surface area (Å²) in [5.41, 5.74) is -5.60. The zero-order valence-electron chi connectivity index (χ0n) is 20.3. The molecule has 36 heavy (non-hydrogen) atoms.